The van der Waals surface area contributed by atoms with Crippen molar-refractivity contribution >= 4 is 17.0 Å². The van der Waals surface area contributed by atoms with E-state index in [0.717, 1.165) is 15.4 Å². The summed E-state index contributed by atoms with van der Waals surface area (Å²) in [6.45, 7) is 1.75. The van der Waals surface area contributed by atoms with Gasteiger partial charge in [0.2, 0.25) is 0 Å². The lowest BCUT2D eigenvalue weighted by Crippen LogP contribution is -1.88. The average Bonchev–Trinajstić information content (AvgIpc) is 2.78. The molecule has 76 valence electrons. The number of nitrogens with zero attached hydrogens (tertiary/aromatic N) is 2. The molecule has 0 aliphatic carbocycles. The third-order valence-corrected chi connectivity index (χ3v) is 3.19. The minimum atomic E-state index is 0.592. The number of oxime groups is 1. The average molecular weight is 218 g/mol. The monoisotopic (exact) mass is 218 g/mol. The van der Waals surface area contributed by atoms with E-state index in [0.29, 0.717) is 5.71 Å². The van der Waals surface area contributed by atoms with E-state index in [2.05, 4.69) is 10.1 Å². The maximum absolute atomic E-state index is 8.63. The summed E-state index contributed by atoms with van der Waals surface area (Å²) in [5, 5.41) is 12.7. The Bertz CT molecular complexity index is 476. The first kappa shape index (κ1) is 9.86. The fourth-order valence-corrected chi connectivity index (χ4v) is 2.07. The Morgan fingerprint density at radius 2 is 2.07 bits per heavy atom. The van der Waals surface area contributed by atoms with Gasteiger partial charge in [-0.3, -0.25) is 0 Å². The highest BCUT2D eigenvalue weighted by molar-refractivity contribution is 7.17. The molecular weight excluding hydrogens is 208 g/mol. The van der Waals surface area contributed by atoms with Crippen molar-refractivity contribution in [2.24, 2.45) is 5.16 Å². The minimum absolute atomic E-state index is 0.592. The molecule has 0 fully saturated rings. The summed E-state index contributed by atoms with van der Waals surface area (Å²) in [5.74, 6) is 0. The van der Waals surface area contributed by atoms with Crippen LogP contribution < -0.4 is 0 Å². The van der Waals surface area contributed by atoms with E-state index in [1.165, 1.54) is 11.3 Å². The van der Waals surface area contributed by atoms with Gasteiger partial charge in [-0.15, -0.1) is 11.3 Å². The molecule has 0 saturated heterocycles. The van der Waals surface area contributed by atoms with Crippen LogP contribution in [-0.4, -0.2) is 15.9 Å². The molecule has 0 amide bonds. The molecule has 1 N–H and O–H groups in total. The molecule has 3 nitrogen and oxygen atoms in total. The van der Waals surface area contributed by atoms with Gasteiger partial charge >= 0.3 is 0 Å². The SMILES string of the molecule is C/C(=N/O)c1cnc(-c2ccccc2)s1. The molecule has 4 heteroatoms. The zero-order chi connectivity index (χ0) is 10.7. The van der Waals surface area contributed by atoms with Crippen LogP contribution in [0.3, 0.4) is 0 Å². The number of benzene rings is 1. The van der Waals surface area contributed by atoms with Gasteiger partial charge in [0.05, 0.1) is 10.6 Å². The highest BCUT2D eigenvalue weighted by Gasteiger charge is 2.06. The number of hydrogen-bond donors (Lipinski definition) is 1. The van der Waals surface area contributed by atoms with Crippen LogP contribution in [0.15, 0.2) is 41.7 Å². The van der Waals surface area contributed by atoms with Gasteiger partial charge in [0, 0.05) is 11.8 Å². The van der Waals surface area contributed by atoms with E-state index in [4.69, 9.17) is 5.21 Å². The van der Waals surface area contributed by atoms with Crippen molar-refractivity contribution in [3.05, 3.63) is 41.4 Å². The van der Waals surface area contributed by atoms with Gasteiger partial charge in [-0.05, 0) is 6.92 Å². The lowest BCUT2D eigenvalue weighted by molar-refractivity contribution is 0.319. The van der Waals surface area contributed by atoms with Crippen LogP contribution in [0.2, 0.25) is 0 Å². The molecule has 2 rings (SSSR count). The second kappa shape index (κ2) is 4.23. The maximum Gasteiger partial charge on any atom is 0.123 e. The van der Waals surface area contributed by atoms with Crippen molar-refractivity contribution in [3.8, 4) is 10.6 Å². The zero-order valence-electron chi connectivity index (χ0n) is 8.21. The molecule has 1 aromatic heterocycles. The summed E-state index contributed by atoms with van der Waals surface area (Å²) in [5.41, 5.74) is 1.68. The number of aromatic nitrogens is 1. The summed E-state index contributed by atoms with van der Waals surface area (Å²) in [7, 11) is 0. The highest BCUT2D eigenvalue weighted by atomic mass is 32.1. The molecule has 0 spiro atoms. The molecule has 1 aromatic carbocycles. The lowest BCUT2D eigenvalue weighted by atomic mass is 10.2. The summed E-state index contributed by atoms with van der Waals surface area (Å²) >= 11 is 1.52. The molecule has 0 atom stereocenters. The van der Waals surface area contributed by atoms with Crippen molar-refractivity contribution < 1.29 is 5.21 Å². The van der Waals surface area contributed by atoms with E-state index >= 15 is 0 Å². The Labute approximate surface area is 91.7 Å². The predicted molar refractivity (Wildman–Crippen MR) is 61.5 cm³/mol. The molecule has 1 heterocycles. The first-order valence-electron chi connectivity index (χ1n) is 4.51. The van der Waals surface area contributed by atoms with E-state index in [1.807, 2.05) is 30.3 Å². The van der Waals surface area contributed by atoms with Gasteiger partial charge in [0.15, 0.2) is 0 Å². The summed E-state index contributed by atoms with van der Waals surface area (Å²) in [4.78, 5) is 5.17. The van der Waals surface area contributed by atoms with E-state index < -0.39 is 0 Å². The number of rotatable bonds is 2. The van der Waals surface area contributed by atoms with Gasteiger partial charge in [-0.25, -0.2) is 4.98 Å². The standard InChI is InChI=1S/C11H10N2OS/c1-8(13-14)10-7-12-11(15-10)9-5-3-2-4-6-9/h2-7,14H,1H3/b13-8-. The Kier molecular flexibility index (Phi) is 2.78. The van der Waals surface area contributed by atoms with E-state index in [-0.39, 0.29) is 0 Å². The van der Waals surface area contributed by atoms with Gasteiger partial charge in [-0.2, -0.15) is 0 Å². The van der Waals surface area contributed by atoms with E-state index in [1.54, 1.807) is 13.1 Å². The maximum atomic E-state index is 8.63. The van der Waals surface area contributed by atoms with Gasteiger partial charge in [0.1, 0.15) is 5.01 Å². The van der Waals surface area contributed by atoms with E-state index in [9.17, 15) is 0 Å². The van der Waals surface area contributed by atoms with Crippen LogP contribution in [-0.2, 0) is 0 Å². The second-order valence-electron chi connectivity index (χ2n) is 3.08. The van der Waals surface area contributed by atoms with Crippen molar-refractivity contribution in [1.82, 2.24) is 4.98 Å². The van der Waals surface area contributed by atoms with Gasteiger partial charge in [-0.1, -0.05) is 35.5 Å². The van der Waals surface area contributed by atoms with Crippen LogP contribution >= 0.6 is 11.3 Å². The molecule has 0 bridgehead atoms. The zero-order valence-corrected chi connectivity index (χ0v) is 9.03. The lowest BCUT2D eigenvalue weighted by Gasteiger charge is -1.93. The Balaban J connectivity index is 2.36. The van der Waals surface area contributed by atoms with Crippen LogP contribution in [0.1, 0.15) is 11.8 Å². The third kappa shape index (κ3) is 2.05. The second-order valence-corrected chi connectivity index (χ2v) is 4.11. The van der Waals surface area contributed by atoms with Crippen LogP contribution in [0.4, 0.5) is 0 Å². The first-order valence-corrected chi connectivity index (χ1v) is 5.33. The highest BCUT2D eigenvalue weighted by Crippen LogP contribution is 2.24. The Morgan fingerprint density at radius 3 is 2.73 bits per heavy atom. The minimum Gasteiger partial charge on any atom is -0.411 e. The predicted octanol–water partition coefficient (Wildman–Crippen LogP) is 3.01. The fourth-order valence-electron chi connectivity index (χ4n) is 1.20. The van der Waals surface area contributed by atoms with Gasteiger partial charge < -0.3 is 5.21 Å². The normalized spacial score (nSPS) is 11.7. The summed E-state index contributed by atoms with van der Waals surface area (Å²) < 4.78 is 0. The van der Waals surface area contributed by atoms with Gasteiger partial charge in [0.25, 0.3) is 0 Å². The third-order valence-electron chi connectivity index (χ3n) is 2.03. The van der Waals surface area contributed by atoms with Crippen molar-refractivity contribution in [2.75, 3.05) is 0 Å². The molecule has 0 unspecified atom stereocenters. The fraction of sp³-hybridized carbons (Fsp3) is 0.0909. The summed E-state index contributed by atoms with van der Waals surface area (Å²) in [6, 6.07) is 9.94. The molecular formula is C11H10N2OS. The largest absolute Gasteiger partial charge is 0.411 e. The molecule has 0 aliphatic heterocycles. The van der Waals surface area contributed by atoms with Crippen molar-refractivity contribution in [3.63, 3.8) is 0 Å². The Morgan fingerprint density at radius 1 is 1.33 bits per heavy atom. The van der Waals surface area contributed by atoms with Crippen molar-refractivity contribution in [1.29, 1.82) is 0 Å². The van der Waals surface area contributed by atoms with Crippen LogP contribution in [0.5, 0.6) is 0 Å². The molecule has 0 aliphatic rings. The van der Waals surface area contributed by atoms with Crippen LogP contribution in [0.25, 0.3) is 10.6 Å². The molecule has 0 radical (unpaired) electrons. The number of hydrogen-bond acceptors (Lipinski definition) is 4. The topological polar surface area (TPSA) is 45.5 Å². The molecule has 2 aromatic rings. The van der Waals surface area contributed by atoms with Crippen molar-refractivity contribution in [2.45, 2.75) is 6.92 Å². The quantitative estimate of drug-likeness (QED) is 0.478. The Hall–Kier alpha value is -1.68. The number of thiazole rings is 1. The summed E-state index contributed by atoms with van der Waals surface area (Å²) in [6.07, 6.45) is 1.72. The molecule has 0 saturated carbocycles. The van der Waals surface area contributed by atoms with Crippen LogP contribution in [0, 0.1) is 0 Å². The first-order chi connectivity index (χ1) is 7.31. The smallest absolute Gasteiger partial charge is 0.123 e. The molecule has 15 heavy (non-hydrogen) atoms.